The molecule has 2 bridgehead atoms. The van der Waals surface area contributed by atoms with E-state index in [2.05, 4.69) is 18.2 Å². The minimum Gasteiger partial charge on any atom is -0.313 e. The van der Waals surface area contributed by atoms with E-state index in [1.54, 1.807) is 0 Å². The van der Waals surface area contributed by atoms with Gasteiger partial charge in [0, 0.05) is 12.5 Å². The van der Waals surface area contributed by atoms with E-state index in [-0.39, 0.29) is 0 Å². The van der Waals surface area contributed by atoms with Crippen molar-refractivity contribution in [2.24, 2.45) is 17.8 Å². The highest BCUT2D eigenvalue weighted by Gasteiger charge is 2.39. The fourth-order valence-corrected chi connectivity index (χ4v) is 3.70. The van der Waals surface area contributed by atoms with E-state index < -0.39 is 0 Å². The lowest BCUT2D eigenvalue weighted by molar-refractivity contribution is 0.280. The van der Waals surface area contributed by atoms with Crippen LogP contribution in [0.2, 0.25) is 0 Å². The maximum atomic E-state index is 5.42. The molecule has 84 valence electrons. The lowest BCUT2D eigenvalue weighted by atomic mass is 9.83. The third-order valence-corrected chi connectivity index (χ3v) is 4.33. The van der Waals surface area contributed by atoms with Crippen molar-refractivity contribution in [1.82, 2.24) is 5.32 Å². The molecule has 0 aromatic carbocycles. The van der Waals surface area contributed by atoms with Crippen LogP contribution in [0.5, 0.6) is 0 Å². The van der Waals surface area contributed by atoms with Crippen LogP contribution in [0.3, 0.4) is 0 Å². The summed E-state index contributed by atoms with van der Waals surface area (Å²) >= 11 is 0. The summed E-state index contributed by atoms with van der Waals surface area (Å²) < 4.78 is 0. The zero-order valence-electron chi connectivity index (χ0n) is 9.84. The van der Waals surface area contributed by atoms with Gasteiger partial charge in [0.15, 0.2) is 0 Å². The Labute approximate surface area is 94.0 Å². The third-order valence-electron chi connectivity index (χ3n) is 4.33. The molecule has 2 saturated carbocycles. The molecule has 0 aromatic rings. The van der Waals surface area contributed by atoms with Gasteiger partial charge in [0.25, 0.3) is 0 Å². The van der Waals surface area contributed by atoms with Gasteiger partial charge in [0.1, 0.15) is 0 Å². The summed E-state index contributed by atoms with van der Waals surface area (Å²) in [4.78, 5) is 0. The van der Waals surface area contributed by atoms with Crippen molar-refractivity contribution in [1.29, 1.82) is 0 Å². The molecule has 15 heavy (non-hydrogen) atoms. The van der Waals surface area contributed by atoms with Gasteiger partial charge in [-0.05, 0) is 50.0 Å². The number of fused-ring (bicyclic) bond motifs is 2. The van der Waals surface area contributed by atoms with Crippen molar-refractivity contribution in [2.75, 3.05) is 6.54 Å². The second kappa shape index (κ2) is 5.03. The minimum atomic E-state index is 0.573. The largest absolute Gasteiger partial charge is 0.313 e. The molecule has 0 spiro atoms. The highest BCUT2D eigenvalue weighted by Crippen LogP contribution is 2.49. The Morgan fingerprint density at radius 1 is 1.40 bits per heavy atom. The van der Waals surface area contributed by atoms with Gasteiger partial charge in [-0.3, -0.25) is 0 Å². The first kappa shape index (κ1) is 11.0. The molecule has 4 unspecified atom stereocenters. The fraction of sp³-hybridized carbons (Fsp3) is 0.857. The van der Waals surface area contributed by atoms with Crippen molar-refractivity contribution in [3.05, 3.63) is 0 Å². The van der Waals surface area contributed by atoms with E-state index in [0.717, 1.165) is 30.7 Å². The minimum absolute atomic E-state index is 0.573. The predicted molar refractivity (Wildman–Crippen MR) is 64.5 cm³/mol. The second-order valence-corrected chi connectivity index (χ2v) is 5.33. The molecule has 2 fully saturated rings. The molecule has 0 radical (unpaired) electrons. The van der Waals surface area contributed by atoms with Crippen molar-refractivity contribution in [3.8, 4) is 12.3 Å². The van der Waals surface area contributed by atoms with Gasteiger partial charge in [0.2, 0.25) is 0 Å². The summed E-state index contributed by atoms with van der Waals surface area (Å²) in [6, 6.07) is 0.573. The molecular formula is C14H23N. The standard InChI is InChI=1S/C14H23N/c1-3-5-14(15-4-2)10-13-9-11-6-7-12(13)8-11/h1,11-15H,4-10H2,2H3. The maximum absolute atomic E-state index is 5.42. The molecule has 0 heterocycles. The molecule has 1 nitrogen and oxygen atoms in total. The predicted octanol–water partition coefficient (Wildman–Crippen LogP) is 2.81. The first-order valence-electron chi connectivity index (χ1n) is 6.50. The summed E-state index contributed by atoms with van der Waals surface area (Å²) in [5.74, 6) is 5.88. The quantitative estimate of drug-likeness (QED) is 0.681. The Kier molecular flexibility index (Phi) is 3.70. The topological polar surface area (TPSA) is 12.0 Å². The molecule has 2 aliphatic carbocycles. The first-order valence-corrected chi connectivity index (χ1v) is 6.50. The average molecular weight is 205 g/mol. The van der Waals surface area contributed by atoms with Gasteiger partial charge in [-0.15, -0.1) is 12.3 Å². The number of nitrogens with one attached hydrogen (secondary N) is 1. The number of hydrogen-bond donors (Lipinski definition) is 1. The van der Waals surface area contributed by atoms with Gasteiger partial charge in [-0.25, -0.2) is 0 Å². The van der Waals surface area contributed by atoms with Crippen molar-refractivity contribution < 1.29 is 0 Å². The third kappa shape index (κ3) is 2.55. The lowest BCUT2D eigenvalue weighted by Gasteiger charge is -2.26. The summed E-state index contributed by atoms with van der Waals surface area (Å²) in [7, 11) is 0. The maximum Gasteiger partial charge on any atom is 0.0240 e. The normalized spacial score (nSPS) is 35.3. The van der Waals surface area contributed by atoms with Gasteiger partial charge in [-0.1, -0.05) is 13.3 Å². The Bertz CT molecular complexity index is 240. The Hall–Kier alpha value is -0.480. The highest BCUT2D eigenvalue weighted by molar-refractivity contribution is 4.95. The summed E-state index contributed by atoms with van der Waals surface area (Å²) in [5.41, 5.74) is 0. The average Bonchev–Trinajstić information content (AvgIpc) is 2.80. The molecule has 0 saturated heterocycles. The van der Waals surface area contributed by atoms with Crippen LogP contribution >= 0.6 is 0 Å². The Morgan fingerprint density at radius 3 is 2.80 bits per heavy atom. The zero-order valence-corrected chi connectivity index (χ0v) is 9.84. The van der Waals surface area contributed by atoms with Crippen LogP contribution in [0.1, 0.15) is 45.4 Å². The van der Waals surface area contributed by atoms with Gasteiger partial charge in [-0.2, -0.15) is 0 Å². The number of rotatable bonds is 5. The molecule has 4 atom stereocenters. The van der Waals surface area contributed by atoms with Crippen LogP contribution in [-0.2, 0) is 0 Å². The Morgan fingerprint density at radius 2 is 2.27 bits per heavy atom. The van der Waals surface area contributed by atoms with E-state index in [4.69, 9.17) is 6.42 Å². The molecule has 2 rings (SSSR count). The summed E-state index contributed by atoms with van der Waals surface area (Å²) in [6.45, 7) is 3.22. The van der Waals surface area contributed by atoms with E-state index in [1.807, 2.05) is 0 Å². The first-order chi connectivity index (χ1) is 7.33. The van der Waals surface area contributed by atoms with Crippen LogP contribution in [0.4, 0.5) is 0 Å². The number of terminal acetylenes is 1. The fourth-order valence-electron chi connectivity index (χ4n) is 3.70. The van der Waals surface area contributed by atoms with Crippen LogP contribution in [0.25, 0.3) is 0 Å². The SMILES string of the molecule is C#CCC(CC1CC2CCC1C2)NCC. The van der Waals surface area contributed by atoms with Crippen LogP contribution < -0.4 is 5.32 Å². The number of hydrogen-bond acceptors (Lipinski definition) is 1. The molecule has 0 amide bonds. The molecule has 2 aliphatic rings. The van der Waals surface area contributed by atoms with Crippen molar-refractivity contribution in [3.63, 3.8) is 0 Å². The Balaban J connectivity index is 1.81. The second-order valence-electron chi connectivity index (χ2n) is 5.33. The van der Waals surface area contributed by atoms with Gasteiger partial charge < -0.3 is 5.32 Å². The van der Waals surface area contributed by atoms with E-state index in [1.165, 1.54) is 32.1 Å². The van der Waals surface area contributed by atoms with Crippen molar-refractivity contribution in [2.45, 2.75) is 51.5 Å². The van der Waals surface area contributed by atoms with Gasteiger partial charge in [0.05, 0.1) is 0 Å². The van der Waals surface area contributed by atoms with Crippen molar-refractivity contribution >= 4 is 0 Å². The molecule has 0 aromatic heterocycles. The molecule has 0 aliphatic heterocycles. The van der Waals surface area contributed by atoms with Crippen LogP contribution in [-0.4, -0.2) is 12.6 Å². The van der Waals surface area contributed by atoms with Crippen LogP contribution in [0.15, 0.2) is 0 Å². The van der Waals surface area contributed by atoms with E-state index in [0.29, 0.717) is 6.04 Å². The molecular weight excluding hydrogens is 182 g/mol. The molecule has 1 heteroatoms. The molecule has 1 N–H and O–H groups in total. The van der Waals surface area contributed by atoms with E-state index in [9.17, 15) is 0 Å². The summed E-state index contributed by atoms with van der Waals surface area (Å²) in [6.07, 6.45) is 13.6. The summed E-state index contributed by atoms with van der Waals surface area (Å²) in [5, 5.41) is 3.53. The zero-order chi connectivity index (χ0) is 10.7. The van der Waals surface area contributed by atoms with Gasteiger partial charge >= 0.3 is 0 Å². The van der Waals surface area contributed by atoms with Crippen LogP contribution in [0, 0.1) is 30.1 Å². The monoisotopic (exact) mass is 205 g/mol. The smallest absolute Gasteiger partial charge is 0.0240 e. The van der Waals surface area contributed by atoms with E-state index >= 15 is 0 Å². The highest BCUT2D eigenvalue weighted by atomic mass is 14.9. The lowest BCUT2D eigenvalue weighted by Crippen LogP contribution is -2.32.